The number of halogens is 2. The Kier molecular flexibility index (Phi) is 10.8. The van der Waals surface area contributed by atoms with Gasteiger partial charge in [0.05, 0.1) is 17.0 Å². The summed E-state index contributed by atoms with van der Waals surface area (Å²) in [5, 5.41) is 3.72. The Morgan fingerprint density at radius 3 is 2.10 bits per heavy atom. The number of nitrogens with one attached hydrogen (secondary N) is 1. The fourth-order valence-corrected chi connectivity index (χ4v) is 5.31. The van der Waals surface area contributed by atoms with Crippen LogP contribution in [0.3, 0.4) is 0 Å². The third-order valence-electron chi connectivity index (χ3n) is 6.34. The van der Waals surface area contributed by atoms with Gasteiger partial charge in [0, 0.05) is 24.0 Å². The Morgan fingerprint density at radius 1 is 0.897 bits per heavy atom. The van der Waals surface area contributed by atoms with Crippen LogP contribution in [0.2, 0.25) is 10.0 Å². The standard InChI is InChI=1S/C29H33Cl2N3O4S/c1-4-21(2)32-29(36)27(18-22-10-6-5-7-11-22)33(19-23-14-16-24(30)17-15-23)28(35)20-34(39(3,37)38)26-13-9-8-12-25(26)31/h5-17,21,27H,4,18-20H2,1-3H3,(H,32,36)/t21-,27-/m1/s1. The highest BCUT2D eigenvalue weighted by atomic mass is 35.5. The number of para-hydroxylation sites is 1. The molecule has 0 fully saturated rings. The second kappa shape index (κ2) is 13.8. The largest absolute Gasteiger partial charge is 0.352 e. The molecule has 0 heterocycles. The van der Waals surface area contributed by atoms with Crippen molar-refractivity contribution in [3.05, 3.63) is 100 Å². The summed E-state index contributed by atoms with van der Waals surface area (Å²) in [6.07, 6.45) is 1.97. The number of hydrogen-bond acceptors (Lipinski definition) is 4. The number of nitrogens with zero attached hydrogens (tertiary/aromatic N) is 2. The lowest BCUT2D eigenvalue weighted by atomic mass is 10.0. The number of rotatable bonds is 12. The van der Waals surface area contributed by atoms with Crippen LogP contribution < -0.4 is 9.62 Å². The zero-order valence-corrected chi connectivity index (χ0v) is 24.5. The van der Waals surface area contributed by atoms with Crippen LogP contribution in [-0.4, -0.2) is 50.0 Å². The molecule has 0 aromatic heterocycles. The highest BCUT2D eigenvalue weighted by Gasteiger charge is 2.33. The van der Waals surface area contributed by atoms with Crippen molar-refractivity contribution in [2.75, 3.05) is 17.1 Å². The average Bonchev–Trinajstić information content (AvgIpc) is 2.90. The normalized spacial score (nSPS) is 12.8. The number of carbonyl (C=O) groups is 2. The first-order chi connectivity index (χ1) is 18.5. The van der Waals surface area contributed by atoms with Gasteiger partial charge >= 0.3 is 0 Å². The zero-order chi connectivity index (χ0) is 28.6. The van der Waals surface area contributed by atoms with Crippen molar-refractivity contribution in [2.45, 2.75) is 45.3 Å². The quantitative estimate of drug-likeness (QED) is 0.310. The van der Waals surface area contributed by atoms with E-state index < -0.39 is 28.5 Å². The van der Waals surface area contributed by atoms with Crippen LogP contribution in [-0.2, 0) is 32.6 Å². The molecule has 7 nitrogen and oxygen atoms in total. The molecule has 10 heteroatoms. The van der Waals surface area contributed by atoms with Crippen molar-refractivity contribution < 1.29 is 18.0 Å². The lowest BCUT2D eigenvalue weighted by Gasteiger charge is -2.34. The van der Waals surface area contributed by atoms with Gasteiger partial charge < -0.3 is 10.2 Å². The molecule has 0 radical (unpaired) electrons. The Balaban J connectivity index is 2.06. The van der Waals surface area contributed by atoms with Gasteiger partial charge in [0.15, 0.2) is 0 Å². The lowest BCUT2D eigenvalue weighted by Crippen LogP contribution is -2.54. The summed E-state index contributed by atoms with van der Waals surface area (Å²) in [6, 6.07) is 21.8. The maximum absolute atomic E-state index is 14.0. The van der Waals surface area contributed by atoms with E-state index in [1.807, 2.05) is 44.2 Å². The molecule has 0 aliphatic heterocycles. The van der Waals surface area contributed by atoms with Crippen LogP contribution in [0.5, 0.6) is 0 Å². The molecule has 3 aromatic carbocycles. The van der Waals surface area contributed by atoms with Crippen LogP contribution >= 0.6 is 23.2 Å². The number of hydrogen-bond donors (Lipinski definition) is 1. The van der Waals surface area contributed by atoms with Gasteiger partial charge in [0.1, 0.15) is 12.6 Å². The first-order valence-corrected chi connectivity index (χ1v) is 15.2. The van der Waals surface area contributed by atoms with E-state index in [1.54, 1.807) is 42.5 Å². The highest BCUT2D eigenvalue weighted by molar-refractivity contribution is 7.92. The minimum absolute atomic E-state index is 0.0710. The van der Waals surface area contributed by atoms with Gasteiger partial charge in [-0.05, 0) is 48.7 Å². The van der Waals surface area contributed by atoms with Gasteiger partial charge in [-0.2, -0.15) is 0 Å². The first-order valence-electron chi connectivity index (χ1n) is 12.6. The van der Waals surface area contributed by atoms with E-state index in [9.17, 15) is 18.0 Å². The van der Waals surface area contributed by atoms with Crippen LogP contribution in [0.25, 0.3) is 0 Å². The SMILES string of the molecule is CC[C@@H](C)NC(=O)[C@@H](Cc1ccccc1)N(Cc1ccc(Cl)cc1)C(=O)CN(c1ccccc1Cl)S(C)(=O)=O. The molecule has 39 heavy (non-hydrogen) atoms. The van der Waals surface area contributed by atoms with E-state index >= 15 is 0 Å². The second-order valence-electron chi connectivity index (χ2n) is 9.39. The third-order valence-corrected chi connectivity index (χ3v) is 8.04. The summed E-state index contributed by atoms with van der Waals surface area (Å²) in [5.41, 5.74) is 1.79. The molecule has 0 spiro atoms. The number of amides is 2. The minimum Gasteiger partial charge on any atom is -0.352 e. The van der Waals surface area contributed by atoms with E-state index in [4.69, 9.17) is 23.2 Å². The van der Waals surface area contributed by atoms with Crippen LogP contribution in [0.15, 0.2) is 78.9 Å². The molecule has 0 saturated heterocycles. The Bertz CT molecular complexity index is 1370. The predicted molar refractivity (Wildman–Crippen MR) is 157 cm³/mol. The monoisotopic (exact) mass is 589 g/mol. The molecule has 0 aliphatic carbocycles. The first kappa shape index (κ1) is 30.5. The Morgan fingerprint density at radius 2 is 1.51 bits per heavy atom. The number of anilines is 1. The van der Waals surface area contributed by atoms with Gasteiger partial charge in [-0.15, -0.1) is 0 Å². The zero-order valence-electron chi connectivity index (χ0n) is 22.2. The summed E-state index contributed by atoms with van der Waals surface area (Å²) in [5.74, 6) is -0.866. The molecule has 0 bridgehead atoms. The van der Waals surface area contributed by atoms with E-state index in [1.165, 1.54) is 11.0 Å². The molecule has 3 rings (SSSR count). The summed E-state index contributed by atoms with van der Waals surface area (Å²) in [7, 11) is -3.89. The molecule has 1 N–H and O–H groups in total. The van der Waals surface area contributed by atoms with Gasteiger partial charge in [-0.1, -0.05) is 84.7 Å². The summed E-state index contributed by atoms with van der Waals surface area (Å²) in [6.45, 7) is 3.40. The fraction of sp³-hybridized carbons (Fsp3) is 0.310. The molecule has 208 valence electrons. The maximum Gasteiger partial charge on any atom is 0.244 e. The van der Waals surface area contributed by atoms with Crippen molar-refractivity contribution >= 4 is 50.7 Å². The smallest absolute Gasteiger partial charge is 0.244 e. The predicted octanol–water partition coefficient (Wildman–Crippen LogP) is 5.31. The number of sulfonamides is 1. The second-order valence-corrected chi connectivity index (χ2v) is 12.1. The summed E-state index contributed by atoms with van der Waals surface area (Å²) >= 11 is 12.4. The topological polar surface area (TPSA) is 86.8 Å². The molecular formula is C29H33Cl2N3O4S. The van der Waals surface area contributed by atoms with Crippen molar-refractivity contribution in [2.24, 2.45) is 0 Å². The molecule has 3 aromatic rings. The molecule has 0 aliphatic rings. The highest BCUT2D eigenvalue weighted by Crippen LogP contribution is 2.28. The number of benzene rings is 3. The summed E-state index contributed by atoms with van der Waals surface area (Å²) in [4.78, 5) is 29.1. The fourth-order valence-electron chi connectivity index (χ4n) is 4.03. The molecular weight excluding hydrogens is 557 g/mol. The van der Waals surface area contributed by atoms with E-state index in [-0.39, 0.29) is 35.6 Å². The Hall–Kier alpha value is -3.07. The maximum atomic E-state index is 14.0. The number of carbonyl (C=O) groups excluding carboxylic acids is 2. The molecule has 0 saturated carbocycles. The van der Waals surface area contributed by atoms with Crippen LogP contribution in [0.4, 0.5) is 5.69 Å². The Labute approximate surface area is 240 Å². The summed E-state index contributed by atoms with van der Waals surface area (Å²) < 4.78 is 26.6. The van der Waals surface area contributed by atoms with Crippen molar-refractivity contribution in [3.63, 3.8) is 0 Å². The molecule has 2 amide bonds. The molecule has 0 unspecified atom stereocenters. The minimum atomic E-state index is -3.89. The lowest BCUT2D eigenvalue weighted by molar-refractivity contribution is -0.140. The third kappa shape index (κ3) is 8.71. The average molecular weight is 591 g/mol. The van der Waals surface area contributed by atoms with Crippen LogP contribution in [0.1, 0.15) is 31.4 Å². The van der Waals surface area contributed by atoms with Gasteiger partial charge in [-0.25, -0.2) is 8.42 Å². The van der Waals surface area contributed by atoms with Crippen LogP contribution in [0, 0.1) is 0 Å². The van der Waals surface area contributed by atoms with E-state index in [0.29, 0.717) is 11.4 Å². The van der Waals surface area contributed by atoms with E-state index in [0.717, 1.165) is 21.7 Å². The van der Waals surface area contributed by atoms with Gasteiger partial charge in [0.25, 0.3) is 0 Å². The van der Waals surface area contributed by atoms with Gasteiger partial charge in [0.2, 0.25) is 21.8 Å². The van der Waals surface area contributed by atoms with Crippen molar-refractivity contribution in [1.29, 1.82) is 0 Å². The van der Waals surface area contributed by atoms with Gasteiger partial charge in [-0.3, -0.25) is 13.9 Å². The van der Waals surface area contributed by atoms with E-state index in [2.05, 4.69) is 5.32 Å². The molecule has 2 atom stereocenters. The van der Waals surface area contributed by atoms with Crippen molar-refractivity contribution in [3.8, 4) is 0 Å². The van der Waals surface area contributed by atoms with Crippen molar-refractivity contribution in [1.82, 2.24) is 10.2 Å².